The van der Waals surface area contributed by atoms with E-state index in [4.69, 9.17) is 25.2 Å². The summed E-state index contributed by atoms with van der Waals surface area (Å²) in [5.74, 6) is 0.102. The fourth-order valence-corrected chi connectivity index (χ4v) is 5.99. The highest BCUT2D eigenvalue weighted by Crippen LogP contribution is 2.66. The molecule has 1 aliphatic carbocycles. The van der Waals surface area contributed by atoms with Crippen LogP contribution in [0.3, 0.4) is 0 Å². The molecule has 8 N–H and O–H groups in total. The van der Waals surface area contributed by atoms with Crippen molar-refractivity contribution in [2.45, 2.75) is 43.3 Å². The number of hydrogen-bond acceptors (Lipinski definition) is 12. The largest absolute Gasteiger partial charge is 0.490 e. The number of phosphoric acid groups is 3. The lowest BCUT2D eigenvalue weighted by molar-refractivity contribution is -0.0542. The molecule has 2 heterocycles. The van der Waals surface area contributed by atoms with Crippen LogP contribution in [0.4, 0.5) is 5.82 Å². The van der Waals surface area contributed by atoms with Crippen molar-refractivity contribution < 1.29 is 61.4 Å². The van der Waals surface area contributed by atoms with Gasteiger partial charge in [-0.15, -0.1) is 0 Å². The minimum atomic E-state index is -5.72. The summed E-state index contributed by atoms with van der Waals surface area (Å²) < 4.78 is 51.5. The lowest BCUT2D eigenvalue weighted by Crippen LogP contribution is -2.36. The van der Waals surface area contributed by atoms with E-state index in [0.29, 0.717) is 5.56 Å². The van der Waals surface area contributed by atoms with E-state index in [9.17, 15) is 33.6 Å². The van der Waals surface area contributed by atoms with Gasteiger partial charge in [-0.2, -0.15) is 13.6 Å². The molecular formula is C12H20N3O14P3. The summed E-state index contributed by atoms with van der Waals surface area (Å²) in [7, 11) is -16.8. The van der Waals surface area contributed by atoms with Crippen molar-refractivity contribution in [2.24, 2.45) is 0 Å². The van der Waals surface area contributed by atoms with Crippen molar-refractivity contribution in [3.8, 4) is 0 Å². The topological polar surface area (TPSA) is 270 Å². The van der Waals surface area contributed by atoms with Crippen molar-refractivity contribution in [1.82, 2.24) is 9.55 Å². The van der Waals surface area contributed by atoms with Crippen LogP contribution in [0.2, 0.25) is 0 Å². The lowest BCUT2D eigenvalue weighted by atomic mass is 10.1. The van der Waals surface area contributed by atoms with Crippen molar-refractivity contribution in [1.29, 1.82) is 0 Å². The van der Waals surface area contributed by atoms with Crippen molar-refractivity contribution >= 4 is 29.3 Å². The van der Waals surface area contributed by atoms with Crippen LogP contribution in [-0.4, -0.2) is 64.3 Å². The van der Waals surface area contributed by atoms with Crippen LogP contribution >= 0.6 is 23.5 Å². The third kappa shape index (κ3) is 6.30. The SMILES string of the molecule is Nc1nc(=O)n(C2OC(COP(=O)(O)OP(=O)(O)OP(=O)(O)O)C(O)C2O)cc1C1CC1. The Morgan fingerprint density at radius 1 is 1.09 bits per heavy atom. The molecule has 1 saturated heterocycles. The fraction of sp³-hybridized carbons (Fsp3) is 0.667. The Morgan fingerprint density at radius 2 is 1.72 bits per heavy atom. The molecule has 0 aromatic carbocycles. The predicted octanol–water partition coefficient (Wildman–Crippen LogP) is -1.33. The maximum Gasteiger partial charge on any atom is 0.490 e. The van der Waals surface area contributed by atoms with Gasteiger partial charge < -0.3 is 40.3 Å². The molecule has 6 atom stereocenters. The molecule has 20 heteroatoms. The van der Waals surface area contributed by atoms with Gasteiger partial charge in [-0.1, -0.05) is 0 Å². The van der Waals surface area contributed by atoms with E-state index in [2.05, 4.69) is 18.1 Å². The highest BCUT2D eigenvalue weighted by molar-refractivity contribution is 7.66. The normalized spacial score (nSPS) is 30.1. The number of aromatic nitrogens is 2. The molecule has 0 radical (unpaired) electrons. The molecule has 0 spiro atoms. The summed E-state index contributed by atoms with van der Waals surface area (Å²) in [4.78, 5) is 51.5. The minimum absolute atomic E-state index is 0.0194. The number of ether oxygens (including phenoxy) is 1. The van der Waals surface area contributed by atoms with Crippen LogP contribution in [0, 0.1) is 0 Å². The number of phosphoric ester groups is 1. The minimum Gasteiger partial charge on any atom is -0.387 e. The number of nitrogen functional groups attached to an aromatic ring is 1. The van der Waals surface area contributed by atoms with E-state index in [1.54, 1.807) is 0 Å². The highest BCUT2D eigenvalue weighted by Gasteiger charge is 2.47. The Hall–Kier alpha value is -1.03. The summed E-state index contributed by atoms with van der Waals surface area (Å²) in [6.45, 7) is -1.01. The van der Waals surface area contributed by atoms with Gasteiger partial charge in [0.25, 0.3) is 0 Å². The fourth-order valence-electron chi connectivity index (χ4n) is 2.96. The van der Waals surface area contributed by atoms with Gasteiger partial charge in [-0.25, -0.2) is 18.5 Å². The quantitative estimate of drug-likeness (QED) is 0.185. The first-order valence-corrected chi connectivity index (χ1v) is 13.3. The van der Waals surface area contributed by atoms with Gasteiger partial charge in [0.05, 0.1) is 6.61 Å². The highest BCUT2D eigenvalue weighted by atomic mass is 31.3. The molecule has 182 valence electrons. The molecule has 17 nitrogen and oxygen atoms in total. The average Bonchev–Trinajstić information content (AvgIpc) is 3.39. The zero-order valence-electron chi connectivity index (χ0n) is 15.8. The van der Waals surface area contributed by atoms with E-state index in [0.717, 1.165) is 17.4 Å². The molecule has 0 amide bonds. The maximum atomic E-state index is 12.2. The van der Waals surface area contributed by atoms with E-state index < -0.39 is 60.3 Å². The summed E-state index contributed by atoms with van der Waals surface area (Å²) in [5, 5.41) is 20.4. The molecule has 3 rings (SSSR count). The third-order valence-corrected chi connectivity index (χ3v) is 8.26. The molecule has 1 saturated carbocycles. The van der Waals surface area contributed by atoms with E-state index in [1.165, 1.54) is 6.20 Å². The van der Waals surface area contributed by atoms with Gasteiger partial charge in [0.15, 0.2) is 6.23 Å². The average molecular weight is 523 g/mol. The molecule has 1 aromatic heterocycles. The Kier molecular flexibility index (Phi) is 7.17. The Balaban J connectivity index is 1.69. The van der Waals surface area contributed by atoms with Crippen LogP contribution in [0.25, 0.3) is 0 Å². The molecule has 1 aliphatic heterocycles. The number of aliphatic hydroxyl groups is 2. The molecule has 32 heavy (non-hydrogen) atoms. The molecular weight excluding hydrogens is 503 g/mol. The zero-order chi connectivity index (χ0) is 24.1. The zero-order valence-corrected chi connectivity index (χ0v) is 18.5. The van der Waals surface area contributed by atoms with Crippen molar-refractivity contribution in [2.75, 3.05) is 12.3 Å². The first-order valence-electron chi connectivity index (χ1n) is 8.77. The van der Waals surface area contributed by atoms with Gasteiger partial charge >= 0.3 is 29.2 Å². The monoisotopic (exact) mass is 523 g/mol. The lowest BCUT2D eigenvalue weighted by Gasteiger charge is -2.19. The van der Waals surface area contributed by atoms with Crippen LogP contribution < -0.4 is 11.4 Å². The van der Waals surface area contributed by atoms with E-state index in [1.807, 2.05) is 0 Å². The van der Waals surface area contributed by atoms with Crippen molar-refractivity contribution in [3.63, 3.8) is 0 Å². The second-order valence-electron chi connectivity index (χ2n) is 6.98. The second-order valence-corrected chi connectivity index (χ2v) is 11.4. The number of rotatable bonds is 9. The smallest absolute Gasteiger partial charge is 0.387 e. The van der Waals surface area contributed by atoms with E-state index in [-0.39, 0.29) is 11.7 Å². The van der Waals surface area contributed by atoms with Gasteiger partial charge in [-0.05, 0) is 18.8 Å². The maximum absolute atomic E-state index is 12.2. The van der Waals surface area contributed by atoms with Crippen LogP contribution in [0.15, 0.2) is 11.0 Å². The first kappa shape index (κ1) is 25.6. The summed E-state index contributed by atoms with van der Waals surface area (Å²) in [6, 6.07) is 0. The number of nitrogens with two attached hydrogens (primary N) is 1. The molecule has 6 unspecified atom stereocenters. The van der Waals surface area contributed by atoms with Gasteiger partial charge in [0, 0.05) is 11.8 Å². The van der Waals surface area contributed by atoms with Crippen LogP contribution in [0.5, 0.6) is 0 Å². The van der Waals surface area contributed by atoms with Crippen LogP contribution in [-0.2, 0) is 31.6 Å². The predicted molar refractivity (Wildman–Crippen MR) is 101 cm³/mol. The number of anilines is 1. The Labute approximate surface area is 178 Å². The Bertz CT molecular complexity index is 1070. The summed E-state index contributed by atoms with van der Waals surface area (Å²) in [5.41, 5.74) is 5.39. The summed E-state index contributed by atoms with van der Waals surface area (Å²) in [6.07, 6.45) is -3.49. The van der Waals surface area contributed by atoms with Gasteiger partial charge in [0.1, 0.15) is 24.1 Å². The first-order chi connectivity index (χ1) is 14.6. The van der Waals surface area contributed by atoms with E-state index >= 15 is 0 Å². The molecule has 0 bridgehead atoms. The number of hydrogen-bond donors (Lipinski definition) is 7. The Morgan fingerprint density at radius 3 is 2.28 bits per heavy atom. The van der Waals surface area contributed by atoms with Gasteiger partial charge in [-0.3, -0.25) is 9.09 Å². The number of nitrogens with zero attached hydrogens (tertiary/aromatic N) is 2. The number of aliphatic hydroxyl groups excluding tert-OH is 2. The third-order valence-electron chi connectivity index (χ3n) is 4.46. The molecule has 2 aliphatic rings. The summed E-state index contributed by atoms with van der Waals surface area (Å²) >= 11 is 0. The molecule has 1 aromatic rings. The van der Waals surface area contributed by atoms with Crippen LogP contribution in [0.1, 0.15) is 30.6 Å². The second kappa shape index (κ2) is 8.96. The van der Waals surface area contributed by atoms with Crippen molar-refractivity contribution in [3.05, 3.63) is 22.2 Å². The van der Waals surface area contributed by atoms with Gasteiger partial charge in [0.2, 0.25) is 0 Å². The standard InChI is InChI=1S/C12H20N3O14P3/c13-10-6(5-1-2-5)3-15(12(18)14-10)11-9(17)8(16)7(27-11)4-26-31(22,23)29-32(24,25)28-30(19,20)21/h3,5,7-9,11,16-17H,1-2,4H2,(H,22,23)(H,24,25)(H2,13,14,18)(H2,19,20,21). The molecule has 2 fully saturated rings.